The maximum atomic E-state index is 5.44. The van der Waals surface area contributed by atoms with Gasteiger partial charge >= 0.3 is 0 Å². The van der Waals surface area contributed by atoms with Crippen LogP contribution in [-0.4, -0.2) is 19.9 Å². The lowest BCUT2D eigenvalue weighted by atomic mass is 9.93. The van der Waals surface area contributed by atoms with Gasteiger partial charge in [-0.1, -0.05) is 231 Å². The lowest BCUT2D eigenvalue weighted by Gasteiger charge is -2.42. The zero-order chi connectivity index (χ0) is 58.3. The Labute approximate surface area is 511 Å². The van der Waals surface area contributed by atoms with Crippen LogP contribution in [0.3, 0.4) is 0 Å². The summed E-state index contributed by atoms with van der Waals surface area (Å²) in [5, 5.41) is 0. The van der Waals surface area contributed by atoms with Crippen molar-refractivity contribution in [1.82, 2.24) is 19.9 Å². The Morgan fingerprint density at radius 3 is 0.705 bits per heavy atom. The molecule has 4 heterocycles. The van der Waals surface area contributed by atoms with Crippen molar-refractivity contribution >= 4 is 68.2 Å². The van der Waals surface area contributed by atoms with Crippen molar-refractivity contribution in [2.24, 2.45) is 0 Å². The average molecular weight is 1130 g/mol. The fourth-order valence-electron chi connectivity index (χ4n) is 12.5. The van der Waals surface area contributed by atoms with Crippen LogP contribution >= 0.6 is 0 Å². The van der Waals surface area contributed by atoms with Gasteiger partial charge in [-0.05, 0) is 97.1 Å². The van der Waals surface area contributed by atoms with Gasteiger partial charge in [-0.15, -0.1) is 0 Å². The maximum absolute atomic E-state index is 5.44. The first-order chi connectivity index (χ1) is 43.7. The van der Waals surface area contributed by atoms with Gasteiger partial charge in [0.15, 0.2) is 11.6 Å². The minimum Gasteiger partial charge on any atom is -0.306 e. The van der Waals surface area contributed by atoms with Crippen molar-refractivity contribution in [3.8, 4) is 78.9 Å². The summed E-state index contributed by atoms with van der Waals surface area (Å²) in [5.41, 5.74) is 23.4. The van der Waals surface area contributed by atoms with E-state index in [2.05, 4.69) is 299 Å². The van der Waals surface area contributed by atoms with Crippen LogP contribution in [0.15, 0.2) is 328 Å². The van der Waals surface area contributed by atoms with Gasteiger partial charge in [0.25, 0.3) is 0 Å². The zero-order valence-corrected chi connectivity index (χ0v) is 47.8. The summed E-state index contributed by atoms with van der Waals surface area (Å²) < 4.78 is 0. The second kappa shape index (κ2) is 22.2. The highest BCUT2D eigenvalue weighted by atomic mass is 15.3. The molecule has 0 atom stereocenters. The summed E-state index contributed by atoms with van der Waals surface area (Å²) in [5.74, 6) is 1.30. The molecular weight excluding hydrogens is 1070 g/mol. The normalized spacial score (nSPS) is 12.2. The fraction of sp³-hybridized carbons (Fsp3) is 0. The van der Waals surface area contributed by atoms with Crippen molar-refractivity contribution in [3.05, 3.63) is 328 Å². The molecule has 2 aromatic heterocycles. The molecule has 16 rings (SSSR count). The molecular formula is C80H54N8. The van der Waals surface area contributed by atoms with E-state index >= 15 is 0 Å². The number of hydrogen-bond acceptors (Lipinski definition) is 8. The Morgan fingerprint density at radius 2 is 0.409 bits per heavy atom. The molecule has 12 aromatic carbocycles. The highest BCUT2D eigenvalue weighted by Crippen LogP contribution is 2.59. The van der Waals surface area contributed by atoms with Crippen LogP contribution in [0.5, 0.6) is 0 Å². The monoisotopic (exact) mass is 1130 g/mol. The minimum atomic E-state index is 0.648. The second-order valence-corrected chi connectivity index (χ2v) is 21.8. The van der Waals surface area contributed by atoms with Crippen molar-refractivity contribution in [2.45, 2.75) is 0 Å². The van der Waals surface area contributed by atoms with Crippen molar-refractivity contribution in [1.29, 1.82) is 0 Å². The number of aromatic nitrogens is 4. The number of nitrogens with zero attached hydrogens (tertiary/aromatic N) is 8. The minimum absolute atomic E-state index is 0.648. The van der Waals surface area contributed by atoms with E-state index in [-0.39, 0.29) is 0 Å². The van der Waals surface area contributed by atoms with Crippen molar-refractivity contribution < 1.29 is 0 Å². The van der Waals surface area contributed by atoms with E-state index < -0.39 is 0 Å². The molecule has 0 spiro atoms. The van der Waals surface area contributed by atoms with E-state index in [0.717, 1.165) is 136 Å². The van der Waals surface area contributed by atoms with Gasteiger partial charge in [0.05, 0.1) is 79.6 Å². The molecule has 0 amide bonds. The molecule has 0 saturated carbocycles. The third-order valence-electron chi connectivity index (χ3n) is 16.5. The molecule has 0 bridgehead atoms. The topological polar surface area (TPSA) is 64.5 Å². The molecule has 0 unspecified atom stereocenters. The number of fused-ring (bicyclic) bond motifs is 4. The molecule has 0 saturated heterocycles. The third-order valence-corrected chi connectivity index (χ3v) is 16.5. The first-order valence-electron chi connectivity index (χ1n) is 29.6. The summed E-state index contributed by atoms with van der Waals surface area (Å²) in [6, 6.07) is 116. The predicted molar refractivity (Wildman–Crippen MR) is 362 cm³/mol. The zero-order valence-electron chi connectivity index (χ0n) is 47.8. The Kier molecular flexibility index (Phi) is 13.0. The van der Waals surface area contributed by atoms with Gasteiger partial charge in [0, 0.05) is 55.9 Å². The average Bonchev–Trinajstić information content (AvgIpc) is 0.783. The third kappa shape index (κ3) is 9.29. The van der Waals surface area contributed by atoms with Gasteiger partial charge < -0.3 is 19.6 Å². The standard InChI is InChI=1S/C80H54N8/c1-7-27-55(28-8-1)65-53-67(83-79(81-65)57-31-11-3-12-32-57)59-47-49-63(77(51-59)87-73-43-23-19-39-69(73)85(61-35-15-5-16-36-61)70-40-20-24-44-74(70)87)64-50-48-60(68-54-66(56-29-9-2-10-30-56)82-80(84-68)58-33-13-4-14-34-58)52-78(64)88-75-45-25-21-41-71(75)86(62-37-17-6-18-38-62)72-42-22-26-46-76(72)88/h1-54H. The summed E-state index contributed by atoms with van der Waals surface area (Å²) >= 11 is 0. The van der Waals surface area contributed by atoms with E-state index in [1.54, 1.807) is 0 Å². The van der Waals surface area contributed by atoms with Gasteiger partial charge in [0.1, 0.15) is 0 Å². The van der Waals surface area contributed by atoms with Gasteiger partial charge in [0.2, 0.25) is 0 Å². The van der Waals surface area contributed by atoms with Crippen LogP contribution < -0.4 is 19.6 Å². The molecule has 2 aliphatic rings. The molecule has 0 aliphatic carbocycles. The van der Waals surface area contributed by atoms with E-state index in [0.29, 0.717) is 11.6 Å². The molecule has 14 aromatic rings. The van der Waals surface area contributed by atoms with Gasteiger partial charge in [-0.2, -0.15) is 0 Å². The Hall–Kier alpha value is -12.0. The van der Waals surface area contributed by atoms with Crippen molar-refractivity contribution in [2.75, 3.05) is 19.6 Å². The molecule has 8 heteroatoms. The largest absolute Gasteiger partial charge is 0.306 e. The van der Waals surface area contributed by atoms with Gasteiger partial charge in [-0.3, -0.25) is 0 Å². The maximum Gasteiger partial charge on any atom is 0.160 e. The Morgan fingerprint density at radius 1 is 0.170 bits per heavy atom. The Bertz CT molecular complexity index is 4350. The van der Waals surface area contributed by atoms with Crippen LogP contribution in [0.1, 0.15) is 0 Å². The smallest absolute Gasteiger partial charge is 0.160 e. The van der Waals surface area contributed by atoms with Crippen molar-refractivity contribution in [3.63, 3.8) is 0 Å². The van der Waals surface area contributed by atoms with E-state index in [1.807, 2.05) is 48.5 Å². The van der Waals surface area contributed by atoms with Crippen LogP contribution in [0.4, 0.5) is 68.2 Å². The highest BCUT2D eigenvalue weighted by molar-refractivity contribution is 6.08. The lowest BCUT2D eigenvalue weighted by Crippen LogP contribution is -2.25. The van der Waals surface area contributed by atoms with Crippen LogP contribution in [-0.2, 0) is 0 Å². The molecule has 88 heavy (non-hydrogen) atoms. The number of benzene rings is 12. The molecule has 2 aliphatic heterocycles. The first kappa shape index (κ1) is 51.6. The molecule has 414 valence electrons. The first-order valence-corrected chi connectivity index (χ1v) is 29.6. The second-order valence-electron chi connectivity index (χ2n) is 21.8. The molecule has 0 radical (unpaired) electrons. The molecule has 0 fully saturated rings. The number of hydrogen-bond donors (Lipinski definition) is 0. The Balaban J connectivity index is 0.989. The number of anilines is 12. The summed E-state index contributed by atoms with van der Waals surface area (Å²) in [6.07, 6.45) is 0. The van der Waals surface area contributed by atoms with E-state index in [4.69, 9.17) is 19.9 Å². The SMILES string of the molecule is c1ccc(-c2cc(-c3ccc(-c4ccc(-c5cc(-c6ccccc6)nc(-c6ccccc6)n5)cc4N4c5ccccc5N(c5ccccc5)c5ccccc54)c(N4c5ccccc5N(c5ccccc5)c5ccccc54)c3)nc(-c3ccccc3)n2)cc1. The summed E-state index contributed by atoms with van der Waals surface area (Å²) in [7, 11) is 0. The van der Waals surface area contributed by atoms with E-state index in [9.17, 15) is 0 Å². The quantitative estimate of drug-likeness (QED) is 0.127. The predicted octanol–water partition coefficient (Wildman–Crippen LogP) is 21.4. The van der Waals surface area contributed by atoms with Crippen LogP contribution in [0.25, 0.3) is 78.9 Å². The summed E-state index contributed by atoms with van der Waals surface area (Å²) in [6.45, 7) is 0. The van der Waals surface area contributed by atoms with Crippen LogP contribution in [0, 0.1) is 0 Å². The molecule has 0 N–H and O–H groups in total. The van der Waals surface area contributed by atoms with Crippen LogP contribution in [0.2, 0.25) is 0 Å². The lowest BCUT2D eigenvalue weighted by molar-refractivity contribution is 1.16. The molecule has 8 nitrogen and oxygen atoms in total. The fourth-order valence-corrected chi connectivity index (χ4v) is 12.5. The highest BCUT2D eigenvalue weighted by Gasteiger charge is 2.35. The van der Waals surface area contributed by atoms with E-state index in [1.165, 1.54) is 0 Å². The number of rotatable bonds is 11. The van der Waals surface area contributed by atoms with Gasteiger partial charge in [-0.25, -0.2) is 19.9 Å². The summed E-state index contributed by atoms with van der Waals surface area (Å²) in [4.78, 5) is 31.0. The number of para-hydroxylation sites is 10.